The van der Waals surface area contributed by atoms with Gasteiger partial charge in [-0.2, -0.15) is 0 Å². The number of hydrogen-bond acceptors (Lipinski definition) is 2. The molecule has 3 rings (SSSR count). The third-order valence-electron chi connectivity index (χ3n) is 5.07. The van der Waals surface area contributed by atoms with Crippen LogP contribution in [-0.4, -0.2) is 28.8 Å². The Balaban J connectivity index is 1.77. The summed E-state index contributed by atoms with van der Waals surface area (Å²) >= 11 is 0. The highest BCUT2D eigenvalue weighted by Gasteiger charge is 2.30. The van der Waals surface area contributed by atoms with Crippen molar-refractivity contribution < 1.29 is 9.59 Å². The zero-order valence-electron chi connectivity index (χ0n) is 15.4. The number of hydrogen-bond donors (Lipinski definition) is 1. The molecule has 0 spiro atoms. The highest BCUT2D eigenvalue weighted by molar-refractivity contribution is 6.04. The molecule has 1 aliphatic rings. The Bertz CT molecular complexity index is 763. The average Bonchev–Trinajstić information content (AvgIpc) is 2.62. The molecule has 4 nitrogen and oxygen atoms in total. The van der Waals surface area contributed by atoms with E-state index >= 15 is 0 Å². The summed E-state index contributed by atoms with van der Waals surface area (Å²) in [7, 11) is 0. The van der Waals surface area contributed by atoms with Crippen molar-refractivity contribution in [3.63, 3.8) is 0 Å². The van der Waals surface area contributed by atoms with Crippen LogP contribution in [0.1, 0.15) is 49.0 Å². The third kappa shape index (κ3) is 4.13. The van der Waals surface area contributed by atoms with E-state index in [-0.39, 0.29) is 23.9 Å². The summed E-state index contributed by atoms with van der Waals surface area (Å²) in [5.41, 5.74) is 2.10. The lowest BCUT2D eigenvalue weighted by Gasteiger charge is -2.39. The summed E-state index contributed by atoms with van der Waals surface area (Å²) in [6, 6.07) is 17.3. The van der Waals surface area contributed by atoms with Gasteiger partial charge in [0, 0.05) is 12.1 Å². The second-order valence-corrected chi connectivity index (χ2v) is 7.10. The Hall–Kier alpha value is -2.62. The van der Waals surface area contributed by atoms with Gasteiger partial charge in [0.2, 0.25) is 5.91 Å². The molecule has 0 bridgehead atoms. The van der Waals surface area contributed by atoms with E-state index in [1.54, 1.807) is 12.1 Å². The van der Waals surface area contributed by atoms with E-state index in [1.807, 2.05) is 47.4 Å². The van der Waals surface area contributed by atoms with Gasteiger partial charge in [0.15, 0.2) is 0 Å². The Labute approximate surface area is 155 Å². The maximum atomic E-state index is 13.2. The highest BCUT2D eigenvalue weighted by Crippen LogP contribution is 2.27. The first kappa shape index (κ1) is 18.2. The van der Waals surface area contributed by atoms with Crippen LogP contribution in [0.15, 0.2) is 54.6 Å². The molecular formula is C22H26N2O2. The van der Waals surface area contributed by atoms with E-state index in [0.29, 0.717) is 17.7 Å². The molecule has 4 heteroatoms. The molecule has 26 heavy (non-hydrogen) atoms. The average molecular weight is 350 g/mol. The predicted molar refractivity (Wildman–Crippen MR) is 104 cm³/mol. The maximum absolute atomic E-state index is 13.2. The smallest absolute Gasteiger partial charge is 0.256 e. The van der Waals surface area contributed by atoms with Crippen molar-refractivity contribution in [1.29, 1.82) is 0 Å². The monoisotopic (exact) mass is 350 g/mol. The van der Waals surface area contributed by atoms with Crippen molar-refractivity contribution >= 4 is 17.5 Å². The van der Waals surface area contributed by atoms with Crippen molar-refractivity contribution in [2.45, 2.75) is 51.6 Å². The number of carbonyl (C=O) groups is 2. The van der Waals surface area contributed by atoms with Crippen molar-refractivity contribution in [1.82, 2.24) is 4.90 Å². The summed E-state index contributed by atoms with van der Waals surface area (Å²) in [5, 5.41) is 2.92. The molecule has 0 aromatic heterocycles. The van der Waals surface area contributed by atoms with Crippen molar-refractivity contribution in [2.24, 2.45) is 0 Å². The Morgan fingerprint density at radius 2 is 1.58 bits per heavy atom. The van der Waals surface area contributed by atoms with Gasteiger partial charge in [-0.15, -0.1) is 0 Å². The van der Waals surface area contributed by atoms with Crippen LogP contribution >= 0.6 is 0 Å². The third-order valence-corrected chi connectivity index (χ3v) is 5.07. The first-order valence-electron chi connectivity index (χ1n) is 9.31. The predicted octanol–water partition coefficient (Wildman–Crippen LogP) is 4.27. The lowest BCUT2D eigenvalue weighted by Crippen LogP contribution is -2.47. The molecule has 1 saturated heterocycles. The lowest BCUT2D eigenvalue weighted by molar-refractivity contribution is -0.115. The zero-order chi connectivity index (χ0) is 18.5. The van der Waals surface area contributed by atoms with Crippen LogP contribution in [-0.2, 0) is 11.2 Å². The van der Waals surface area contributed by atoms with Gasteiger partial charge in [0.1, 0.15) is 0 Å². The molecule has 2 atom stereocenters. The Morgan fingerprint density at radius 1 is 0.962 bits per heavy atom. The van der Waals surface area contributed by atoms with Gasteiger partial charge >= 0.3 is 0 Å². The second-order valence-electron chi connectivity index (χ2n) is 7.10. The van der Waals surface area contributed by atoms with Crippen LogP contribution in [0.3, 0.4) is 0 Å². The fourth-order valence-corrected chi connectivity index (χ4v) is 3.71. The van der Waals surface area contributed by atoms with Crippen LogP contribution in [0.25, 0.3) is 0 Å². The molecule has 2 unspecified atom stereocenters. The molecule has 1 fully saturated rings. The van der Waals surface area contributed by atoms with Crippen LogP contribution in [0.4, 0.5) is 5.69 Å². The van der Waals surface area contributed by atoms with Crippen LogP contribution in [0, 0.1) is 0 Å². The fourth-order valence-electron chi connectivity index (χ4n) is 3.71. The number of likely N-dealkylation sites (tertiary alicyclic amines) is 1. The molecular weight excluding hydrogens is 324 g/mol. The fraction of sp³-hybridized carbons (Fsp3) is 0.364. The summed E-state index contributed by atoms with van der Waals surface area (Å²) in [4.78, 5) is 27.5. The standard InChI is InChI=1S/C22H26N2O2/c1-16-9-8-10-17(2)24(16)22(26)19-13-6-7-14-20(19)23-21(25)15-18-11-4-3-5-12-18/h3-7,11-14,16-17H,8-10,15H2,1-2H3,(H,23,25). The van der Waals surface area contributed by atoms with E-state index in [1.165, 1.54) is 0 Å². The van der Waals surface area contributed by atoms with E-state index in [2.05, 4.69) is 19.2 Å². The van der Waals surface area contributed by atoms with Crippen LogP contribution < -0.4 is 5.32 Å². The molecule has 0 saturated carbocycles. The SMILES string of the molecule is CC1CCCC(C)N1C(=O)c1ccccc1NC(=O)Cc1ccccc1. The topological polar surface area (TPSA) is 49.4 Å². The van der Waals surface area contributed by atoms with Gasteiger partial charge in [-0.1, -0.05) is 42.5 Å². The number of nitrogens with one attached hydrogen (secondary N) is 1. The van der Waals surface area contributed by atoms with Crippen molar-refractivity contribution in [3.05, 3.63) is 65.7 Å². The zero-order valence-corrected chi connectivity index (χ0v) is 15.4. The second kappa shape index (κ2) is 8.17. The molecule has 136 valence electrons. The molecule has 0 aliphatic carbocycles. The van der Waals surface area contributed by atoms with Gasteiger partial charge in [0.25, 0.3) is 5.91 Å². The minimum Gasteiger partial charge on any atom is -0.333 e. The Kier molecular flexibility index (Phi) is 5.71. The van der Waals surface area contributed by atoms with Gasteiger partial charge in [-0.05, 0) is 50.8 Å². The van der Waals surface area contributed by atoms with Crippen LogP contribution in [0.2, 0.25) is 0 Å². The number of para-hydroxylation sites is 1. The van der Waals surface area contributed by atoms with E-state index in [4.69, 9.17) is 0 Å². The van der Waals surface area contributed by atoms with E-state index < -0.39 is 0 Å². The first-order valence-corrected chi connectivity index (χ1v) is 9.31. The molecule has 0 radical (unpaired) electrons. The van der Waals surface area contributed by atoms with Gasteiger partial charge in [0.05, 0.1) is 17.7 Å². The largest absolute Gasteiger partial charge is 0.333 e. The number of piperidine rings is 1. The normalized spacial score (nSPS) is 19.8. The molecule has 1 heterocycles. The number of benzene rings is 2. The minimum atomic E-state index is -0.115. The van der Waals surface area contributed by atoms with Gasteiger partial charge in [-0.25, -0.2) is 0 Å². The van der Waals surface area contributed by atoms with Crippen molar-refractivity contribution in [2.75, 3.05) is 5.32 Å². The van der Waals surface area contributed by atoms with Crippen LogP contribution in [0.5, 0.6) is 0 Å². The van der Waals surface area contributed by atoms with E-state index in [0.717, 1.165) is 24.8 Å². The molecule has 1 N–H and O–H groups in total. The lowest BCUT2D eigenvalue weighted by atomic mass is 9.96. The minimum absolute atomic E-state index is 0.000288. The highest BCUT2D eigenvalue weighted by atomic mass is 16.2. The summed E-state index contributed by atoms with van der Waals surface area (Å²) in [6.45, 7) is 4.20. The maximum Gasteiger partial charge on any atom is 0.256 e. The number of nitrogens with zero attached hydrogens (tertiary/aromatic N) is 1. The molecule has 1 aliphatic heterocycles. The number of rotatable bonds is 4. The summed E-state index contributed by atoms with van der Waals surface area (Å²) in [5.74, 6) is -0.114. The quantitative estimate of drug-likeness (QED) is 0.895. The molecule has 2 amide bonds. The van der Waals surface area contributed by atoms with E-state index in [9.17, 15) is 9.59 Å². The number of anilines is 1. The molecule has 2 aromatic rings. The number of carbonyl (C=O) groups excluding carboxylic acids is 2. The molecule has 2 aromatic carbocycles. The first-order chi connectivity index (χ1) is 12.6. The summed E-state index contributed by atoms with van der Waals surface area (Å²) < 4.78 is 0. The summed E-state index contributed by atoms with van der Waals surface area (Å²) in [6.07, 6.45) is 3.50. The van der Waals surface area contributed by atoms with Crippen molar-refractivity contribution in [3.8, 4) is 0 Å². The van der Waals surface area contributed by atoms with Gasteiger partial charge < -0.3 is 10.2 Å². The number of amides is 2. The van der Waals surface area contributed by atoms with Gasteiger partial charge in [-0.3, -0.25) is 9.59 Å². The Morgan fingerprint density at radius 3 is 2.27 bits per heavy atom.